The van der Waals surface area contributed by atoms with Gasteiger partial charge in [-0.1, -0.05) is 12.1 Å². The number of carboxylic acid groups (broad SMARTS) is 1. The Morgan fingerprint density at radius 3 is 2.81 bits per heavy atom. The van der Waals surface area contributed by atoms with Gasteiger partial charge in [0.1, 0.15) is 12.2 Å². The highest BCUT2D eigenvalue weighted by atomic mass is 16.4. The first-order chi connectivity index (χ1) is 7.59. The fourth-order valence-electron chi connectivity index (χ4n) is 1.56. The fraction of sp³-hybridized carbons (Fsp3) is 0.182. The van der Waals surface area contributed by atoms with E-state index in [0.717, 1.165) is 0 Å². The number of rotatable bonds is 2. The normalized spacial score (nSPS) is 10.6. The lowest BCUT2D eigenvalue weighted by Gasteiger charge is -2.06. The minimum Gasteiger partial charge on any atom is -0.481 e. The minimum atomic E-state index is -1.00. The van der Waals surface area contributed by atoms with E-state index < -0.39 is 5.97 Å². The van der Waals surface area contributed by atoms with Gasteiger partial charge in [-0.25, -0.2) is 4.98 Å². The van der Waals surface area contributed by atoms with E-state index in [2.05, 4.69) is 4.98 Å². The van der Waals surface area contributed by atoms with Gasteiger partial charge in [0, 0.05) is 7.05 Å². The van der Waals surface area contributed by atoms with Crippen molar-refractivity contribution >= 4 is 16.9 Å². The van der Waals surface area contributed by atoms with E-state index in [1.54, 1.807) is 24.3 Å². The van der Waals surface area contributed by atoms with Gasteiger partial charge in [0.05, 0.1) is 10.9 Å². The summed E-state index contributed by atoms with van der Waals surface area (Å²) < 4.78 is 1.27. The molecule has 82 valence electrons. The second kappa shape index (κ2) is 3.77. The monoisotopic (exact) mass is 218 g/mol. The van der Waals surface area contributed by atoms with Crippen molar-refractivity contribution in [2.75, 3.05) is 0 Å². The number of carboxylic acids is 1. The van der Waals surface area contributed by atoms with Gasteiger partial charge in [-0.3, -0.25) is 14.2 Å². The Bertz CT molecular complexity index is 616. The lowest BCUT2D eigenvalue weighted by Crippen LogP contribution is -2.24. The first kappa shape index (κ1) is 10.4. The van der Waals surface area contributed by atoms with Crippen LogP contribution in [0.4, 0.5) is 0 Å². The highest BCUT2D eigenvalue weighted by Gasteiger charge is 2.10. The quantitative estimate of drug-likeness (QED) is 0.799. The molecule has 0 fully saturated rings. The largest absolute Gasteiger partial charge is 0.481 e. The highest BCUT2D eigenvalue weighted by molar-refractivity contribution is 5.78. The molecule has 1 aromatic carbocycles. The number of benzene rings is 1. The summed E-state index contributed by atoms with van der Waals surface area (Å²) in [6, 6.07) is 6.89. The second-order valence-electron chi connectivity index (χ2n) is 3.48. The summed E-state index contributed by atoms with van der Waals surface area (Å²) >= 11 is 0. The number of aromatic nitrogens is 2. The summed E-state index contributed by atoms with van der Waals surface area (Å²) in [6.45, 7) is 0. The van der Waals surface area contributed by atoms with E-state index in [1.807, 2.05) is 0 Å². The van der Waals surface area contributed by atoms with E-state index in [4.69, 9.17) is 5.11 Å². The third-order valence-electron chi connectivity index (χ3n) is 2.39. The molecule has 0 aliphatic rings. The van der Waals surface area contributed by atoms with E-state index in [0.29, 0.717) is 10.9 Å². The maximum absolute atomic E-state index is 11.9. The third-order valence-corrected chi connectivity index (χ3v) is 2.39. The van der Waals surface area contributed by atoms with Crippen molar-refractivity contribution < 1.29 is 9.90 Å². The second-order valence-corrected chi connectivity index (χ2v) is 3.48. The molecule has 0 spiro atoms. The smallest absolute Gasteiger partial charge is 0.311 e. The molecule has 0 aliphatic carbocycles. The summed E-state index contributed by atoms with van der Waals surface area (Å²) in [5.41, 5.74) is 0.309. The number of para-hydroxylation sites is 1. The summed E-state index contributed by atoms with van der Waals surface area (Å²) in [7, 11) is 1.53. The predicted octanol–water partition coefficient (Wildman–Crippen LogP) is 0.561. The summed E-state index contributed by atoms with van der Waals surface area (Å²) in [6.07, 6.45) is -0.253. The van der Waals surface area contributed by atoms with Crippen LogP contribution in [0, 0.1) is 0 Å². The number of hydrogen-bond acceptors (Lipinski definition) is 3. The summed E-state index contributed by atoms with van der Waals surface area (Å²) in [4.78, 5) is 26.6. The Kier molecular flexibility index (Phi) is 2.44. The molecule has 1 N–H and O–H groups in total. The SMILES string of the molecule is Cn1c(CC(=O)O)nc2ccccc2c1=O. The molecule has 0 radical (unpaired) electrons. The zero-order valence-corrected chi connectivity index (χ0v) is 8.67. The Labute approximate surface area is 91.0 Å². The molecule has 5 heteroatoms. The van der Waals surface area contributed by atoms with Crippen LogP contribution in [0.1, 0.15) is 5.82 Å². The van der Waals surface area contributed by atoms with Gasteiger partial charge in [0.25, 0.3) is 5.56 Å². The van der Waals surface area contributed by atoms with Crippen LogP contribution in [0.5, 0.6) is 0 Å². The van der Waals surface area contributed by atoms with Crippen LogP contribution in [0.25, 0.3) is 10.9 Å². The lowest BCUT2D eigenvalue weighted by atomic mass is 10.2. The fourth-order valence-corrected chi connectivity index (χ4v) is 1.56. The standard InChI is InChI=1S/C11H10N2O3/c1-13-9(6-10(14)15)12-8-5-3-2-4-7(8)11(13)16/h2-5H,6H2,1H3,(H,14,15). The molecule has 5 nitrogen and oxygen atoms in total. The van der Waals surface area contributed by atoms with Gasteiger partial charge in [-0.15, -0.1) is 0 Å². The van der Waals surface area contributed by atoms with Crippen molar-refractivity contribution in [3.63, 3.8) is 0 Å². The lowest BCUT2D eigenvalue weighted by molar-refractivity contribution is -0.136. The van der Waals surface area contributed by atoms with Crippen LogP contribution in [0.3, 0.4) is 0 Å². The van der Waals surface area contributed by atoms with Crippen LogP contribution >= 0.6 is 0 Å². The molecule has 2 aromatic rings. The number of hydrogen-bond donors (Lipinski definition) is 1. The topological polar surface area (TPSA) is 72.2 Å². The predicted molar refractivity (Wildman–Crippen MR) is 58.3 cm³/mol. The third kappa shape index (κ3) is 1.67. The van der Waals surface area contributed by atoms with Crippen molar-refractivity contribution in [1.29, 1.82) is 0 Å². The Balaban J connectivity index is 2.74. The first-order valence-electron chi connectivity index (χ1n) is 4.76. The van der Waals surface area contributed by atoms with Crippen molar-refractivity contribution in [3.8, 4) is 0 Å². The maximum atomic E-state index is 11.9. The molecule has 0 atom stereocenters. The van der Waals surface area contributed by atoms with Crippen LogP contribution in [-0.4, -0.2) is 20.6 Å². The molecule has 0 amide bonds. The molecule has 16 heavy (non-hydrogen) atoms. The van der Waals surface area contributed by atoms with Gasteiger partial charge in [-0.05, 0) is 12.1 Å². The number of carbonyl (C=O) groups is 1. The van der Waals surface area contributed by atoms with Gasteiger partial charge in [-0.2, -0.15) is 0 Å². The van der Waals surface area contributed by atoms with E-state index in [-0.39, 0.29) is 17.8 Å². The molecule has 0 aliphatic heterocycles. The van der Waals surface area contributed by atoms with Crippen LogP contribution in [0.2, 0.25) is 0 Å². The van der Waals surface area contributed by atoms with Crippen LogP contribution < -0.4 is 5.56 Å². The number of nitrogens with zero attached hydrogens (tertiary/aromatic N) is 2. The molecule has 1 aromatic heterocycles. The zero-order valence-electron chi connectivity index (χ0n) is 8.67. The molecule has 0 bridgehead atoms. The van der Waals surface area contributed by atoms with E-state index in [9.17, 15) is 9.59 Å². The molecule has 1 heterocycles. The molecule has 0 saturated heterocycles. The highest BCUT2D eigenvalue weighted by Crippen LogP contribution is 2.07. The van der Waals surface area contributed by atoms with Gasteiger partial charge in [0.15, 0.2) is 0 Å². The molecule has 2 rings (SSSR count). The Morgan fingerprint density at radius 1 is 1.44 bits per heavy atom. The van der Waals surface area contributed by atoms with Crippen molar-refractivity contribution in [3.05, 3.63) is 40.4 Å². The first-order valence-corrected chi connectivity index (χ1v) is 4.76. The zero-order chi connectivity index (χ0) is 11.7. The van der Waals surface area contributed by atoms with E-state index in [1.165, 1.54) is 11.6 Å². The minimum absolute atomic E-state index is 0.221. The average molecular weight is 218 g/mol. The Morgan fingerprint density at radius 2 is 2.12 bits per heavy atom. The van der Waals surface area contributed by atoms with Crippen molar-refractivity contribution in [2.45, 2.75) is 6.42 Å². The van der Waals surface area contributed by atoms with Gasteiger partial charge < -0.3 is 5.11 Å². The van der Waals surface area contributed by atoms with Crippen molar-refractivity contribution in [2.24, 2.45) is 7.05 Å². The van der Waals surface area contributed by atoms with Crippen LogP contribution in [-0.2, 0) is 18.3 Å². The maximum Gasteiger partial charge on any atom is 0.311 e. The molecule has 0 saturated carbocycles. The number of fused-ring (bicyclic) bond motifs is 1. The molecular formula is C11H10N2O3. The summed E-state index contributed by atoms with van der Waals surface area (Å²) in [5.74, 6) is -0.742. The van der Waals surface area contributed by atoms with Crippen LogP contribution in [0.15, 0.2) is 29.1 Å². The number of aliphatic carboxylic acids is 1. The van der Waals surface area contributed by atoms with Crippen molar-refractivity contribution in [1.82, 2.24) is 9.55 Å². The molecule has 0 unspecified atom stereocenters. The summed E-state index contributed by atoms with van der Waals surface area (Å²) in [5, 5.41) is 9.20. The van der Waals surface area contributed by atoms with Gasteiger partial charge >= 0.3 is 5.97 Å². The Hall–Kier alpha value is -2.17. The average Bonchev–Trinajstić information content (AvgIpc) is 2.25. The van der Waals surface area contributed by atoms with E-state index >= 15 is 0 Å². The van der Waals surface area contributed by atoms with Gasteiger partial charge in [0.2, 0.25) is 0 Å². The molecular weight excluding hydrogens is 208 g/mol.